The van der Waals surface area contributed by atoms with Crippen LogP contribution in [0.3, 0.4) is 0 Å². The fourth-order valence-electron chi connectivity index (χ4n) is 6.39. The molecular formula is C35H28N2O5. The van der Waals surface area contributed by atoms with Crippen molar-refractivity contribution in [3.05, 3.63) is 141 Å². The molecule has 7 rings (SSSR count). The molecule has 0 fully saturated rings. The molecule has 1 unspecified atom stereocenters. The van der Waals surface area contributed by atoms with Crippen molar-refractivity contribution in [2.45, 2.75) is 25.4 Å². The Morgan fingerprint density at radius 2 is 1.55 bits per heavy atom. The monoisotopic (exact) mass is 556 g/mol. The molecule has 1 spiro atoms. The van der Waals surface area contributed by atoms with Crippen molar-refractivity contribution in [1.82, 2.24) is 4.90 Å². The number of amides is 2. The minimum atomic E-state index is -1.65. The van der Waals surface area contributed by atoms with Crippen molar-refractivity contribution < 1.29 is 18.7 Å². The number of carbonyl (C=O) groups excluding carboxylic acids is 2. The number of fused-ring (bicyclic) bond motifs is 5. The summed E-state index contributed by atoms with van der Waals surface area (Å²) < 4.78 is 11.4. The summed E-state index contributed by atoms with van der Waals surface area (Å²) in [5.74, 6) is -0.152. The van der Waals surface area contributed by atoms with Crippen LogP contribution in [0, 0.1) is 6.92 Å². The Balaban J connectivity index is 1.43. The topological polar surface area (TPSA) is 80.1 Å². The second-order valence-corrected chi connectivity index (χ2v) is 10.7. The van der Waals surface area contributed by atoms with E-state index in [-0.39, 0.29) is 29.2 Å². The molecule has 5 aromatic rings. The number of aryl methyl sites for hydroxylation is 1. The lowest BCUT2D eigenvalue weighted by Gasteiger charge is -2.34. The smallest absolute Gasteiger partial charge is 0.291 e. The first kappa shape index (κ1) is 25.8. The van der Waals surface area contributed by atoms with Gasteiger partial charge in [0.05, 0.1) is 30.3 Å². The average Bonchev–Trinajstić information content (AvgIpc) is 3.41. The summed E-state index contributed by atoms with van der Waals surface area (Å²) >= 11 is 0. The van der Waals surface area contributed by atoms with Gasteiger partial charge in [0.2, 0.25) is 5.76 Å². The van der Waals surface area contributed by atoms with Crippen molar-refractivity contribution in [3.63, 3.8) is 0 Å². The molecule has 2 amide bonds. The van der Waals surface area contributed by atoms with Gasteiger partial charge in [0, 0.05) is 12.1 Å². The molecule has 1 atom stereocenters. The van der Waals surface area contributed by atoms with E-state index in [1.165, 1.54) is 0 Å². The molecule has 3 heterocycles. The van der Waals surface area contributed by atoms with Crippen molar-refractivity contribution in [3.8, 4) is 5.75 Å². The van der Waals surface area contributed by atoms with E-state index in [2.05, 4.69) is 0 Å². The number of carbonyl (C=O) groups is 2. The number of rotatable bonds is 6. The minimum absolute atomic E-state index is 0.0747. The lowest BCUT2D eigenvalue weighted by molar-refractivity contribution is -0.126. The average molecular weight is 557 g/mol. The maximum atomic E-state index is 14.9. The van der Waals surface area contributed by atoms with Gasteiger partial charge in [0.15, 0.2) is 11.0 Å². The van der Waals surface area contributed by atoms with Crippen LogP contribution in [0.1, 0.15) is 38.4 Å². The first-order chi connectivity index (χ1) is 20.4. The van der Waals surface area contributed by atoms with Gasteiger partial charge in [0.25, 0.3) is 11.8 Å². The number of methoxy groups -OCH3 is 1. The lowest BCUT2D eigenvalue weighted by Crippen LogP contribution is -2.53. The maximum absolute atomic E-state index is 14.9. The van der Waals surface area contributed by atoms with Gasteiger partial charge in [-0.2, -0.15) is 0 Å². The third kappa shape index (κ3) is 3.63. The highest BCUT2D eigenvalue weighted by Crippen LogP contribution is 2.53. The van der Waals surface area contributed by atoms with Gasteiger partial charge in [-0.25, -0.2) is 0 Å². The Morgan fingerprint density at radius 3 is 2.33 bits per heavy atom. The quantitative estimate of drug-likeness (QED) is 0.272. The molecule has 0 N–H and O–H groups in total. The van der Waals surface area contributed by atoms with Gasteiger partial charge in [-0.15, -0.1) is 0 Å². The van der Waals surface area contributed by atoms with Gasteiger partial charge in [-0.05, 0) is 60.4 Å². The molecule has 2 aliphatic rings. The minimum Gasteiger partial charge on any atom is -0.497 e. The standard InChI is InChI=1S/C35H28N2O5/c1-22-9-3-4-10-24(22)21-36-28-13-7-6-12-27(28)35(34(36)40)30-31(38)26-11-5-8-14-29(26)42-32(30)33(39)37(35)20-19-23-15-17-25(41-2)18-16-23/h3-18H,19-21H2,1-2H3. The van der Waals surface area contributed by atoms with E-state index in [0.29, 0.717) is 35.2 Å². The van der Waals surface area contributed by atoms with Crippen LogP contribution in [0.4, 0.5) is 5.69 Å². The molecule has 4 aromatic carbocycles. The molecule has 208 valence electrons. The molecule has 0 radical (unpaired) electrons. The zero-order valence-corrected chi connectivity index (χ0v) is 23.3. The van der Waals surface area contributed by atoms with E-state index in [1.54, 1.807) is 41.2 Å². The number of hydrogen-bond donors (Lipinski definition) is 0. The van der Waals surface area contributed by atoms with Crippen molar-refractivity contribution >= 4 is 28.5 Å². The maximum Gasteiger partial charge on any atom is 0.291 e. The van der Waals surface area contributed by atoms with Crippen LogP contribution >= 0.6 is 0 Å². The first-order valence-electron chi connectivity index (χ1n) is 13.9. The summed E-state index contributed by atoms with van der Waals surface area (Å²) in [6, 6.07) is 29.8. The third-order valence-corrected chi connectivity index (χ3v) is 8.52. The van der Waals surface area contributed by atoms with Crippen LogP contribution in [-0.4, -0.2) is 30.4 Å². The number of hydrogen-bond acceptors (Lipinski definition) is 5. The van der Waals surface area contributed by atoms with Crippen LogP contribution in [0.2, 0.25) is 0 Å². The molecular weight excluding hydrogens is 528 g/mol. The van der Waals surface area contributed by atoms with E-state index >= 15 is 0 Å². The number of benzene rings is 4. The predicted molar refractivity (Wildman–Crippen MR) is 160 cm³/mol. The summed E-state index contributed by atoms with van der Waals surface area (Å²) in [6.07, 6.45) is 0.465. The second-order valence-electron chi connectivity index (χ2n) is 10.7. The Labute approximate surface area is 242 Å². The zero-order valence-electron chi connectivity index (χ0n) is 23.3. The van der Waals surface area contributed by atoms with Gasteiger partial charge < -0.3 is 19.0 Å². The first-order valence-corrected chi connectivity index (χ1v) is 13.9. The lowest BCUT2D eigenvalue weighted by atomic mass is 9.83. The summed E-state index contributed by atoms with van der Waals surface area (Å²) in [5, 5.41) is 0.336. The van der Waals surface area contributed by atoms with Crippen LogP contribution in [0.25, 0.3) is 11.0 Å². The fourth-order valence-corrected chi connectivity index (χ4v) is 6.39. The van der Waals surface area contributed by atoms with E-state index in [1.807, 2.05) is 79.7 Å². The summed E-state index contributed by atoms with van der Waals surface area (Å²) in [4.78, 5) is 46.7. The van der Waals surface area contributed by atoms with Crippen molar-refractivity contribution in [2.24, 2.45) is 0 Å². The van der Waals surface area contributed by atoms with Crippen LogP contribution in [0.5, 0.6) is 5.75 Å². The van der Waals surface area contributed by atoms with Crippen molar-refractivity contribution in [1.29, 1.82) is 0 Å². The molecule has 7 heteroatoms. The molecule has 2 aliphatic heterocycles. The van der Waals surface area contributed by atoms with E-state index < -0.39 is 11.4 Å². The molecule has 7 nitrogen and oxygen atoms in total. The van der Waals surface area contributed by atoms with Gasteiger partial charge in [-0.1, -0.05) is 66.7 Å². The predicted octanol–water partition coefficient (Wildman–Crippen LogP) is 5.60. The molecule has 0 saturated carbocycles. The Hall–Kier alpha value is -5.17. The van der Waals surface area contributed by atoms with Gasteiger partial charge >= 0.3 is 0 Å². The van der Waals surface area contributed by atoms with Crippen molar-refractivity contribution in [2.75, 3.05) is 18.6 Å². The van der Waals surface area contributed by atoms with Gasteiger partial charge in [0.1, 0.15) is 11.3 Å². The highest BCUT2D eigenvalue weighted by Gasteiger charge is 2.64. The van der Waals surface area contributed by atoms with E-state index in [9.17, 15) is 14.4 Å². The number of ether oxygens (including phenoxy) is 1. The third-order valence-electron chi connectivity index (χ3n) is 8.52. The number of nitrogens with zero attached hydrogens (tertiary/aromatic N) is 2. The van der Waals surface area contributed by atoms with Gasteiger partial charge in [-0.3, -0.25) is 14.4 Å². The molecule has 42 heavy (non-hydrogen) atoms. The zero-order chi connectivity index (χ0) is 29.0. The Bertz CT molecular complexity index is 1940. The molecule has 0 bridgehead atoms. The summed E-state index contributed by atoms with van der Waals surface area (Å²) in [5.41, 5.74) is 2.67. The molecule has 0 aliphatic carbocycles. The van der Waals surface area contributed by atoms with E-state index in [0.717, 1.165) is 22.4 Å². The SMILES string of the molecule is COc1ccc(CCN2C(=O)c3oc4ccccc4c(=O)c3C23C(=O)N(Cc2ccccc2C)c2ccccc23)cc1. The Kier molecular flexibility index (Phi) is 5.97. The van der Waals surface area contributed by atoms with Crippen LogP contribution in [-0.2, 0) is 23.3 Å². The summed E-state index contributed by atoms with van der Waals surface area (Å²) in [6.45, 7) is 2.51. The Morgan fingerprint density at radius 1 is 0.833 bits per heavy atom. The fraction of sp³-hybridized carbons (Fsp3) is 0.171. The largest absolute Gasteiger partial charge is 0.497 e. The summed E-state index contributed by atoms with van der Waals surface area (Å²) in [7, 11) is 1.61. The second kappa shape index (κ2) is 9.73. The number of para-hydroxylation sites is 2. The number of anilines is 1. The van der Waals surface area contributed by atoms with Crippen LogP contribution < -0.4 is 15.1 Å². The molecule has 0 saturated heterocycles. The van der Waals surface area contributed by atoms with Crippen LogP contribution in [0.15, 0.2) is 106 Å². The highest BCUT2D eigenvalue weighted by molar-refractivity contribution is 6.17. The highest BCUT2D eigenvalue weighted by atomic mass is 16.5. The van der Waals surface area contributed by atoms with E-state index in [4.69, 9.17) is 9.15 Å². The normalized spacial score (nSPS) is 17.3. The molecule has 1 aromatic heterocycles.